The Labute approximate surface area is 123 Å². The fourth-order valence-corrected chi connectivity index (χ4v) is 2.72. The molecule has 0 spiro atoms. The number of methoxy groups -OCH3 is 1. The molecule has 9 heteroatoms. The Bertz CT molecular complexity index is 623. The van der Waals surface area contributed by atoms with Gasteiger partial charge in [-0.15, -0.1) is 0 Å². The molecule has 0 fully saturated rings. The Balaban J connectivity index is 3.17. The molecule has 0 unspecified atom stereocenters. The fourth-order valence-electron chi connectivity index (χ4n) is 1.55. The Hall–Kier alpha value is -1.87. The number of hydrogen-bond acceptors (Lipinski definition) is 5. The van der Waals surface area contributed by atoms with Gasteiger partial charge in [0.25, 0.3) is 0 Å². The molecule has 0 radical (unpaired) electrons. The Morgan fingerprint density at radius 2 is 1.90 bits per heavy atom. The maximum Gasteiger partial charge on any atom is 0.243 e. The van der Waals surface area contributed by atoms with Gasteiger partial charge in [0.05, 0.1) is 24.2 Å². The van der Waals surface area contributed by atoms with Crippen molar-refractivity contribution in [2.24, 2.45) is 0 Å². The highest BCUT2D eigenvalue weighted by molar-refractivity contribution is 7.89. The van der Waals surface area contributed by atoms with Crippen molar-refractivity contribution in [3.05, 3.63) is 17.9 Å². The summed E-state index contributed by atoms with van der Waals surface area (Å²) in [6.07, 6.45) is 0. The minimum absolute atomic E-state index is 0.136. The Morgan fingerprint density at radius 3 is 2.33 bits per heavy atom. The van der Waals surface area contributed by atoms with Gasteiger partial charge in [-0.1, -0.05) is 0 Å². The molecule has 1 amide bonds. The van der Waals surface area contributed by atoms with E-state index in [1.807, 2.05) is 0 Å². The molecule has 118 valence electrons. The number of amides is 1. The number of benzene rings is 1. The maximum absolute atomic E-state index is 13.7. The molecule has 0 saturated heterocycles. The lowest BCUT2D eigenvalue weighted by Crippen LogP contribution is -2.37. The summed E-state index contributed by atoms with van der Waals surface area (Å²) in [6, 6.07) is 1.90. The van der Waals surface area contributed by atoms with Crippen LogP contribution in [0.15, 0.2) is 17.0 Å². The molecule has 0 aliphatic carbocycles. The van der Waals surface area contributed by atoms with Crippen molar-refractivity contribution < 1.29 is 22.3 Å². The highest BCUT2D eigenvalue weighted by Crippen LogP contribution is 2.29. The standard InChI is InChI=1S/C12H18FN3O4S/c1-15(2)11(17)7-16(3)21(18,19)8-5-9(13)12(20-4)10(14)6-8/h5-6H,7,14H2,1-4H3. The number of likely N-dealkylation sites (N-methyl/N-ethyl adjacent to an activating group) is 2. The van der Waals surface area contributed by atoms with Gasteiger partial charge >= 0.3 is 0 Å². The van der Waals surface area contributed by atoms with E-state index >= 15 is 0 Å². The third-order valence-electron chi connectivity index (χ3n) is 2.81. The topological polar surface area (TPSA) is 92.9 Å². The predicted octanol–water partition coefficient (Wildman–Crippen LogP) is 0.125. The number of carbonyl (C=O) groups excluding carboxylic acids is 1. The number of nitrogens with zero attached hydrogens (tertiary/aromatic N) is 2. The summed E-state index contributed by atoms with van der Waals surface area (Å²) in [7, 11) is 1.45. The van der Waals surface area contributed by atoms with Crippen LogP contribution in [-0.4, -0.2) is 58.3 Å². The second-order valence-corrected chi connectivity index (χ2v) is 6.62. The van der Waals surface area contributed by atoms with E-state index in [1.54, 1.807) is 0 Å². The molecule has 0 aliphatic heterocycles. The first-order valence-corrected chi connectivity index (χ1v) is 7.34. The molecular formula is C12H18FN3O4S. The van der Waals surface area contributed by atoms with Crippen molar-refractivity contribution >= 4 is 21.6 Å². The van der Waals surface area contributed by atoms with E-state index in [4.69, 9.17) is 10.5 Å². The molecule has 0 aliphatic rings. The predicted molar refractivity (Wildman–Crippen MR) is 75.9 cm³/mol. The summed E-state index contributed by atoms with van der Waals surface area (Å²) >= 11 is 0. The van der Waals surface area contributed by atoms with Crippen molar-refractivity contribution in [1.82, 2.24) is 9.21 Å². The van der Waals surface area contributed by atoms with Gasteiger partial charge in [0.1, 0.15) is 0 Å². The molecule has 0 saturated carbocycles. The molecule has 2 N–H and O–H groups in total. The van der Waals surface area contributed by atoms with Gasteiger partial charge in [-0.05, 0) is 12.1 Å². The molecule has 0 atom stereocenters. The van der Waals surface area contributed by atoms with Crippen molar-refractivity contribution in [3.63, 3.8) is 0 Å². The lowest BCUT2D eigenvalue weighted by Gasteiger charge is -2.19. The van der Waals surface area contributed by atoms with Crippen LogP contribution < -0.4 is 10.5 Å². The van der Waals surface area contributed by atoms with Crippen molar-refractivity contribution in [2.75, 3.05) is 40.5 Å². The van der Waals surface area contributed by atoms with E-state index < -0.39 is 21.7 Å². The van der Waals surface area contributed by atoms with Gasteiger partial charge in [0.2, 0.25) is 15.9 Å². The zero-order valence-electron chi connectivity index (χ0n) is 12.3. The number of nitrogens with two attached hydrogens (primary N) is 1. The molecule has 1 aromatic carbocycles. The molecular weight excluding hydrogens is 301 g/mol. The van der Waals surface area contributed by atoms with Crippen LogP contribution in [0.3, 0.4) is 0 Å². The van der Waals surface area contributed by atoms with Gasteiger partial charge in [-0.25, -0.2) is 12.8 Å². The van der Waals surface area contributed by atoms with Gasteiger partial charge in [-0.2, -0.15) is 4.31 Å². The van der Waals surface area contributed by atoms with Crippen LogP contribution in [0.1, 0.15) is 0 Å². The number of nitrogen functional groups attached to an aromatic ring is 1. The average Bonchev–Trinajstić information content (AvgIpc) is 2.37. The van der Waals surface area contributed by atoms with Crippen LogP contribution in [-0.2, 0) is 14.8 Å². The van der Waals surface area contributed by atoms with Gasteiger partial charge in [-0.3, -0.25) is 4.79 Å². The lowest BCUT2D eigenvalue weighted by molar-refractivity contribution is -0.128. The molecule has 1 aromatic rings. The molecule has 1 rings (SSSR count). The van der Waals surface area contributed by atoms with E-state index in [2.05, 4.69) is 0 Å². The number of hydrogen-bond donors (Lipinski definition) is 1. The lowest BCUT2D eigenvalue weighted by atomic mass is 10.3. The summed E-state index contributed by atoms with van der Waals surface area (Å²) in [5, 5.41) is 0. The van der Waals surface area contributed by atoms with Crippen molar-refractivity contribution in [2.45, 2.75) is 4.90 Å². The van der Waals surface area contributed by atoms with E-state index in [1.165, 1.54) is 33.2 Å². The minimum Gasteiger partial charge on any atom is -0.492 e. The number of rotatable bonds is 5. The quantitative estimate of drug-likeness (QED) is 0.779. The van der Waals surface area contributed by atoms with Gasteiger partial charge in [0.15, 0.2) is 11.6 Å². The maximum atomic E-state index is 13.7. The Kier molecular flexibility index (Phi) is 5.13. The van der Waals surface area contributed by atoms with Crippen molar-refractivity contribution in [1.29, 1.82) is 0 Å². The average molecular weight is 319 g/mol. The normalized spacial score (nSPS) is 11.5. The fraction of sp³-hybridized carbons (Fsp3) is 0.417. The monoisotopic (exact) mass is 319 g/mol. The first kappa shape index (κ1) is 17.2. The van der Waals surface area contributed by atoms with Crippen LogP contribution >= 0.6 is 0 Å². The number of anilines is 1. The zero-order valence-corrected chi connectivity index (χ0v) is 13.1. The highest BCUT2D eigenvalue weighted by atomic mass is 32.2. The van der Waals surface area contributed by atoms with E-state index in [0.717, 1.165) is 16.4 Å². The van der Waals surface area contributed by atoms with Gasteiger partial charge < -0.3 is 15.4 Å². The number of ether oxygens (including phenoxy) is 1. The van der Waals surface area contributed by atoms with Gasteiger partial charge in [0, 0.05) is 21.1 Å². The summed E-state index contributed by atoms with van der Waals surface area (Å²) in [5.41, 5.74) is 5.42. The van der Waals surface area contributed by atoms with Crippen LogP contribution in [0, 0.1) is 5.82 Å². The van der Waals surface area contributed by atoms with E-state index in [9.17, 15) is 17.6 Å². The smallest absolute Gasteiger partial charge is 0.243 e. The van der Waals surface area contributed by atoms with Crippen LogP contribution in [0.2, 0.25) is 0 Å². The number of carbonyl (C=O) groups is 1. The van der Waals surface area contributed by atoms with Crippen LogP contribution in [0.4, 0.5) is 10.1 Å². The summed E-state index contributed by atoms with van der Waals surface area (Å²) in [5.74, 6) is -1.51. The Morgan fingerprint density at radius 1 is 1.33 bits per heavy atom. The van der Waals surface area contributed by atoms with Crippen molar-refractivity contribution in [3.8, 4) is 5.75 Å². The SMILES string of the molecule is COc1c(N)cc(S(=O)(=O)N(C)CC(=O)N(C)C)cc1F. The molecule has 7 nitrogen and oxygen atoms in total. The number of sulfonamides is 1. The van der Waals surface area contributed by atoms with E-state index in [0.29, 0.717) is 0 Å². The largest absolute Gasteiger partial charge is 0.492 e. The first-order chi connectivity index (χ1) is 9.61. The van der Waals surface area contributed by atoms with Crippen LogP contribution in [0.5, 0.6) is 5.75 Å². The number of halogens is 1. The second kappa shape index (κ2) is 6.27. The first-order valence-electron chi connectivity index (χ1n) is 5.90. The second-order valence-electron chi connectivity index (χ2n) is 4.58. The molecule has 21 heavy (non-hydrogen) atoms. The molecule has 0 heterocycles. The third-order valence-corrected chi connectivity index (χ3v) is 4.60. The highest BCUT2D eigenvalue weighted by Gasteiger charge is 2.25. The molecule has 0 aromatic heterocycles. The zero-order chi connectivity index (χ0) is 16.4. The van der Waals surface area contributed by atoms with E-state index in [-0.39, 0.29) is 22.9 Å². The summed E-state index contributed by atoms with van der Waals surface area (Å²) in [6.45, 7) is -0.358. The summed E-state index contributed by atoms with van der Waals surface area (Å²) in [4.78, 5) is 12.5. The minimum atomic E-state index is -4.03. The molecule has 0 bridgehead atoms. The van der Waals surface area contributed by atoms with Crippen LogP contribution in [0.25, 0.3) is 0 Å². The summed E-state index contributed by atoms with van der Waals surface area (Å²) < 4.78 is 43.9. The third kappa shape index (κ3) is 3.61.